The molecule has 0 radical (unpaired) electrons. The van der Waals surface area contributed by atoms with Gasteiger partial charge in [-0.1, -0.05) is 6.07 Å². The van der Waals surface area contributed by atoms with Crippen molar-refractivity contribution in [2.24, 2.45) is 0 Å². The van der Waals surface area contributed by atoms with Crippen molar-refractivity contribution in [3.05, 3.63) is 30.1 Å². The minimum atomic E-state index is -1.05. The molecule has 1 aromatic rings. The molecular weight excluding hydrogens is 262 g/mol. The van der Waals surface area contributed by atoms with E-state index in [-0.39, 0.29) is 25.2 Å². The molecular formula is C13H17N3O4. The minimum absolute atomic E-state index is 0.0565. The van der Waals surface area contributed by atoms with Gasteiger partial charge in [0.15, 0.2) is 6.10 Å². The molecule has 2 N–H and O–H groups in total. The van der Waals surface area contributed by atoms with Crippen molar-refractivity contribution < 1.29 is 19.4 Å². The number of rotatable bonds is 3. The van der Waals surface area contributed by atoms with Crippen molar-refractivity contribution in [1.29, 1.82) is 0 Å². The van der Waals surface area contributed by atoms with Crippen LogP contribution in [0.4, 0.5) is 4.79 Å². The van der Waals surface area contributed by atoms with Gasteiger partial charge in [-0.15, -0.1) is 0 Å². The van der Waals surface area contributed by atoms with Gasteiger partial charge in [-0.3, -0.25) is 4.98 Å². The largest absolute Gasteiger partial charge is 0.479 e. The minimum Gasteiger partial charge on any atom is -0.479 e. The Morgan fingerprint density at radius 1 is 1.60 bits per heavy atom. The van der Waals surface area contributed by atoms with Gasteiger partial charge < -0.3 is 20.1 Å². The van der Waals surface area contributed by atoms with Crippen molar-refractivity contribution >= 4 is 12.0 Å². The molecule has 2 unspecified atom stereocenters. The predicted octanol–water partition coefficient (Wildman–Crippen LogP) is 0.638. The number of carbonyl (C=O) groups is 2. The van der Waals surface area contributed by atoms with Crippen LogP contribution in [0, 0.1) is 0 Å². The van der Waals surface area contributed by atoms with Gasteiger partial charge in [0.25, 0.3) is 0 Å². The molecule has 0 aromatic carbocycles. The number of carboxylic acid groups (broad SMARTS) is 1. The summed E-state index contributed by atoms with van der Waals surface area (Å²) in [6.07, 6.45) is 2.39. The fraction of sp³-hybridized carbons (Fsp3) is 0.462. The normalized spacial score (nSPS) is 20.2. The highest BCUT2D eigenvalue weighted by Gasteiger charge is 2.29. The summed E-state index contributed by atoms with van der Waals surface area (Å²) >= 11 is 0. The number of aromatic nitrogens is 1. The number of carboxylic acids is 1. The van der Waals surface area contributed by atoms with Gasteiger partial charge in [0, 0.05) is 18.9 Å². The van der Waals surface area contributed by atoms with E-state index < -0.39 is 12.1 Å². The third-order valence-corrected chi connectivity index (χ3v) is 3.15. The van der Waals surface area contributed by atoms with E-state index in [4.69, 9.17) is 9.84 Å². The lowest BCUT2D eigenvalue weighted by atomic mass is 10.1. The molecule has 2 amide bonds. The van der Waals surface area contributed by atoms with E-state index in [0.29, 0.717) is 6.54 Å². The van der Waals surface area contributed by atoms with E-state index in [0.717, 1.165) is 5.56 Å². The summed E-state index contributed by atoms with van der Waals surface area (Å²) in [6.45, 7) is 2.52. The molecule has 20 heavy (non-hydrogen) atoms. The quantitative estimate of drug-likeness (QED) is 0.847. The van der Waals surface area contributed by atoms with E-state index in [1.807, 2.05) is 13.0 Å². The molecule has 7 nitrogen and oxygen atoms in total. The highest BCUT2D eigenvalue weighted by molar-refractivity contribution is 5.77. The zero-order chi connectivity index (χ0) is 14.5. The Morgan fingerprint density at radius 2 is 2.40 bits per heavy atom. The first kappa shape index (κ1) is 14.3. The molecule has 1 aliphatic rings. The van der Waals surface area contributed by atoms with E-state index in [1.54, 1.807) is 18.5 Å². The maximum absolute atomic E-state index is 12.1. The molecule has 1 aliphatic heterocycles. The highest BCUT2D eigenvalue weighted by Crippen LogP contribution is 2.12. The molecule has 2 atom stereocenters. The van der Waals surface area contributed by atoms with Crippen LogP contribution in [0.3, 0.4) is 0 Å². The number of urea groups is 1. The van der Waals surface area contributed by atoms with Crippen LogP contribution in [0.15, 0.2) is 24.5 Å². The fourth-order valence-corrected chi connectivity index (χ4v) is 1.98. The van der Waals surface area contributed by atoms with Gasteiger partial charge in [-0.2, -0.15) is 0 Å². The monoisotopic (exact) mass is 279 g/mol. The lowest BCUT2D eigenvalue weighted by Crippen LogP contribution is -2.52. The molecule has 1 saturated heterocycles. The molecule has 0 bridgehead atoms. The lowest BCUT2D eigenvalue weighted by Gasteiger charge is -2.31. The Labute approximate surface area is 116 Å². The van der Waals surface area contributed by atoms with E-state index >= 15 is 0 Å². The maximum Gasteiger partial charge on any atom is 0.334 e. The number of nitrogens with zero attached hydrogens (tertiary/aromatic N) is 2. The lowest BCUT2D eigenvalue weighted by molar-refractivity contribution is -0.154. The summed E-state index contributed by atoms with van der Waals surface area (Å²) < 4.78 is 5.08. The van der Waals surface area contributed by atoms with Crippen LogP contribution in [-0.4, -0.2) is 52.8 Å². The number of morpholine rings is 1. The molecule has 0 spiro atoms. The smallest absolute Gasteiger partial charge is 0.334 e. The second kappa shape index (κ2) is 6.33. The number of pyridine rings is 1. The molecule has 2 heterocycles. The van der Waals surface area contributed by atoms with Crippen molar-refractivity contribution in [1.82, 2.24) is 15.2 Å². The summed E-state index contributed by atoms with van der Waals surface area (Å²) in [4.78, 5) is 28.4. The topological polar surface area (TPSA) is 91.8 Å². The third kappa shape index (κ3) is 3.45. The number of nitrogens with one attached hydrogen (secondary N) is 1. The van der Waals surface area contributed by atoms with Gasteiger partial charge in [0.05, 0.1) is 19.2 Å². The number of hydrogen-bond acceptors (Lipinski definition) is 4. The predicted molar refractivity (Wildman–Crippen MR) is 70.1 cm³/mol. The Morgan fingerprint density at radius 3 is 3.05 bits per heavy atom. The van der Waals surface area contributed by atoms with Crippen LogP contribution in [0.2, 0.25) is 0 Å². The number of hydrogen-bond donors (Lipinski definition) is 2. The van der Waals surface area contributed by atoms with Crippen molar-refractivity contribution in [2.75, 3.05) is 19.7 Å². The van der Waals surface area contributed by atoms with Crippen LogP contribution in [0.5, 0.6) is 0 Å². The molecule has 1 aromatic heterocycles. The first-order valence-corrected chi connectivity index (χ1v) is 6.37. The molecule has 1 fully saturated rings. The highest BCUT2D eigenvalue weighted by atomic mass is 16.5. The zero-order valence-corrected chi connectivity index (χ0v) is 11.2. The van der Waals surface area contributed by atoms with E-state index in [2.05, 4.69) is 10.3 Å². The number of carbonyl (C=O) groups excluding carboxylic acids is 1. The average molecular weight is 279 g/mol. The Bertz CT molecular complexity index is 480. The summed E-state index contributed by atoms with van der Waals surface area (Å²) in [7, 11) is 0. The van der Waals surface area contributed by atoms with Crippen molar-refractivity contribution in [3.63, 3.8) is 0 Å². The molecule has 0 saturated carbocycles. The van der Waals surface area contributed by atoms with E-state index in [1.165, 1.54) is 4.90 Å². The Hall–Kier alpha value is -2.15. The summed E-state index contributed by atoms with van der Waals surface area (Å²) in [5.41, 5.74) is 0.892. The van der Waals surface area contributed by atoms with Gasteiger partial charge >= 0.3 is 12.0 Å². The van der Waals surface area contributed by atoms with Crippen LogP contribution in [-0.2, 0) is 9.53 Å². The van der Waals surface area contributed by atoms with Gasteiger partial charge in [-0.25, -0.2) is 9.59 Å². The summed E-state index contributed by atoms with van der Waals surface area (Å²) in [5, 5.41) is 11.7. The molecule has 108 valence electrons. The SMILES string of the molecule is CC(NC(=O)N1CCOC(C(=O)O)C1)c1cccnc1. The average Bonchev–Trinajstić information content (AvgIpc) is 2.48. The number of aliphatic carboxylic acids is 1. The summed E-state index contributed by atoms with van der Waals surface area (Å²) in [6, 6.07) is 3.18. The first-order valence-electron chi connectivity index (χ1n) is 6.37. The maximum atomic E-state index is 12.1. The first-order chi connectivity index (χ1) is 9.58. The molecule has 0 aliphatic carbocycles. The standard InChI is InChI=1S/C13H17N3O4/c1-9(10-3-2-4-14-7-10)15-13(19)16-5-6-20-11(8-16)12(17)18/h2-4,7,9,11H,5-6,8H2,1H3,(H,15,19)(H,17,18). The van der Waals surface area contributed by atoms with Gasteiger partial charge in [-0.05, 0) is 18.6 Å². The van der Waals surface area contributed by atoms with Crippen LogP contribution < -0.4 is 5.32 Å². The van der Waals surface area contributed by atoms with Gasteiger partial charge in [0.2, 0.25) is 0 Å². The second-order valence-electron chi connectivity index (χ2n) is 4.60. The van der Waals surface area contributed by atoms with Crippen LogP contribution in [0.25, 0.3) is 0 Å². The van der Waals surface area contributed by atoms with Crippen molar-refractivity contribution in [3.8, 4) is 0 Å². The Balaban J connectivity index is 1.93. The number of ether oxygens (including phenoxy) is 1. The van der Waals surface area contributed by atoms with E-state index in [9.17, 15) is 9.59 Å². The van der Waals surface area contributed by atoms with Gasteiger partial charge in [0.1, 0.15) is 0 Å². The zero-order valence-electron chi connectivity index (χ0n) is 11.2. The molecule has 7 heteroatoms. The van der Waals surface area contributed by atoms with Crippen LogP contribution in [0.1, 0.15) is 18.5 Å². The summed E-state index contributed by atoms with van der Waals surface area (Å²) in [5.74, 6) is -1.05. The number of amides is 2. The molecule has 2 rings (SSSR count). The van der Waals surface area contributed by atoms with Crippen molar-refractivity contribution in [2.45, 2.75) is 19.1 Å². The second-order valence-corrected chi connectivity index (χ2v) is 4.60. The van der Waals surface area contributed by atoms with Crippen LogP contribution >= 0.6 is 0 Å². The Kier molecular flexibility index (Phi) is 4.52. The third-order valence-electron chi connectivity index (χ3n) is 3.15. The fourth-order valence-electron chi connectivity index (χ4n) is 1.98.